The number of nitro groups is 1. The normalized spacial score (nSPS) is 14.1. The zero-order chi connectivity index (χ0) is 31.0. The number of nitrogens with zero attached hydrogens (tertiary/aromatic N) is 3. The fraction of sp³-hybridized carbons (Fsp3) is 0.355. The van der Waals surface area contributed by atoms with E-state index in [4.69, 9.17) is 4.74 Å². The lowest BCUT2D eigenvalue weighted by molar-refractivity contribution is -0.384. The maximum absolute atomic E-state index is 14.2. The largest absolute Gasteiger partial charge is 0.497 e. The van der Waals surface area contributed by atoms with E-state index in [2.05, 4.69) is 5.32 Å². The molecule has 1 aliphatic carbocycles. The number of benzene rings is 3. The second-order valence-corrected chi connectivity index (χ2v) is 12.5. The van der Waals surface area contributed by atoms with Crippen molar-refractivity contribution in [2.75, 3.05) is 24.2 Å². The average Bonchev–Trinajstić information content (AvgIpc) is 3.50. The summed E-state index contributed by atoms with van der Waals surface area (Å²) in [5.41, 5.74) is 1.17. The van der Waals surface area contributed by atoms with Crippen LogP contribution in [0, 0.1) is 10.1 Å². The number of nitro benzene ring substituents is 1. The van der Waals surface area contributed by atoms with E-state index >= 15 is 0 Å². The number of amides is 2. The van der Waals surface area contributed by atoms with Crippen molar-refractivity contribution in [3.8, 4) is 5.75 Å². The highest BCUT2D eigenvalue weighted by Gasteiger charge is 2.34. The molecule has 0 bridgehead atoms. The fourth-order valence-electron chi connectivity index (χ4n) is 5.26. The highest BCUT2D eigenvalue weighted by molar-refractivity contribution is 7.92. The third kappa shape index (κ3) is 8.54. The standard InChI is InChI=1S/C31H36N4O7S/c1-42-28-17-8-12-24(18-28)21-33(29(19-23-10-4-3-5-11-23)31(37)32-25-13-6-7-14-25)30(36)22-34(43(2,40)41)26-15-9-16-27(20-26)35(38)39/h3-5,8-12,15-18,20,25,29H,6-7,13-14,19,21-22H2,1-2H3,(H,32,37). The summed E-state index contributed by atoms with van der Waals surface area (Å²) in [4.78, 5) is 40.3. The van der Waals surface area contributed by atoms with E-state index in [0.29, 0.717) is 11.3 Å². The molecule has 3 aromatic carbocycles. The Kier molecular flexibility index (Phi) is 10.4. The number of non-ortho nitro benzene ring substituents is 1. The van der Waals surface area contributed by atoms with Gasteiger partial charge in [0.25, 0.3) is 5.69 Å². The molecule has 43 heavy (non-hydrogen) atoms. The number of nitrogens with one attached hydrogen (secondary N) is 1. The van der Waals surface area contributed by atoms with Gasteiger partial charge in [0.2, 0.25) is 21.8 Å². The van der Waals surface area contributed by atoms with Gasteiger partial charge in [0.1, 0.15) is 18.3 Å². The van der Waals surface area contributed by atoms with Crippen LogP contribution >= 0.6 is 0 Å². The molecule has 1 fully saturated rings. The lowest BCUT2D eigenvalue weighted by Gasteiger charge is -2.34. The molecule has 2 amide bonds. The summed E-state index contributed by atoms with van der Waals surface area (Å²) in [6, 6.07) is 20.5. The highest BCUT2D eigenvalue weighted by atomic mass is 32.2. The van der Waals surface area contributed by atoms with E-state index in [1.807, 2.05) is 30.3 Å². The summed E-state index contributed by atoms with van der Waals surface area (Å²) in [5.74, 6) is -0.398. The van der Waals surface area contributed by atoms with Gasteiger partial charge in [0, 0.05) is 31.1 Å². The van der Waals surface area contributed by atoms with Crippen molar-refractivity contribution in [2.24, 2.45) is 0 Å². The van der Waals surface area contributed by atoms with Crippen molar-refractivity contribution in [3.63, 3.8) is 0 Å². The number of rotatable bonds is 13. The van der Waals surface area contributed by atoms with Gasteiger partial charge < -0.3 is 15.0 Å². The van der Waals surface area contributed by atoms with Crippen LogP contribution in [0.3, 0.4) is 0 Å². The first kappa shape index (κ1) is 31.5. The predicted molar refractivity (Wildman–Crippen MR) is 163 cm³/mol. The van der Waals surface area contributed by atoms with Crippen LogP contribution in [0.1, 0.15) is 36.8 Å². The van der Waals surface area contributed by atoms with Gasteiger partial charge in [0.15, 0.2) is 0 Å². The predicted octanol–water partition coefficient (Wildman–Crippen LogP) is 4.07. The SMILES string of the molecule is COc1cccc(CN(C(=O)CN(c2cccc([N+](=O)[O-])c2)S(C)(=O)=O)C(Cc2ccccc2)C(=O)NC2CCCC2)c1. The maximum atomic E-state index is 14.2. The number of hydrogen-bond donors (Lipinski definition) is 1. The van der Waals surface area contributed by atoms with E-state index in [-0.39, 0.29) is 36.3 Å². The van der Waals surface area contributed by atoms with Gasteiger partial charge in [-0.25, -0.2) is 8.42 Å². The highest BCUT2D eigenvalue weighted by Crippen LogP contribution is 2.25. The Morgan fingerprint density at radius 2 is 1.67 bits per heavy atom. The third-order valence-corrected chi connectivity index (χ3v) is 8.61. The second kappa shape index (κ2) is 14.1. The minimum absolute atomic E-state index is 0.00183. The molecule has 1 unspecified atom stereocenters. The van der Waals surface area contributed by atoms with Crippen LogP contribution < -0.4 is 14.4 Å². The molecule has 4 rings (SSSR count). The van der Waals surface area contributed by atoms with Gasteiger partial charge in [-0.2, -0.15) is 0 Å². The molecule has 12 heteroatoms. The van der Waals surface area contributed by atoms with E-state index in [9.17, 15) is 28.1 Å². The first-order valence-electron chi connectivity index (χ1n) is 14.0. The number of sulfonamides is 1. The van der Waals surface area contributed by atoms with Crippen LogP contribution in [0.25, 0.3) is 0 Å². The van der Waals surface area contributed by atoms with Crippen LogP contribution in [0.5, 0.6) is 5.75 Å². The molecule has 1 saturated carbocycles. The first-order valence-corrected chi connectivity index (χ1v) is 15.9. The summed E-state index contributed by atoms with van der Waals surface area (Å²) in [7, 11) is -2.53. The third-order valence-electron chi connectivity index (χ3n) is 7.47. The first-order chi connectivity index (χ1) is 20.5. The van der Waals surface area contributed by atoms with Crippen molar-refractivity contribution in [1.82, 2.24) is 10.2 Å². The van der Waals surface area contributed by atoms with Crippen molar-refractivity contribution >= 4 is 33.2 Å². The Bertz CT molecular complexity index is 1540. The molecule has 0 heterocycles. The Hall–Kier alpha value is -4.45. The smallest absolute Gasteiger partial charge is 0.271 e. The summed E-state index contributed by atoms with van der Waals surface area (Å²) in [6.45, 7) is -0.663. The van der Waals surface area contributed by atoms with Gasteiger partial charge >= 0.3 is 0 Å². The molecule has 0 aliphatic heterocycles. The molecule has 0 saturated heterocycles. The molecular weight excluding hydrogens is 572 g/mol. The number of ether oxygens (including phenoxy) is 1. The zero-order valence-electron chi connectivity index (χ0n) is 24.2. The lowest BCUT2D eigenvalue weighted by Crippen LogP contribution is -2.54. The molecule has 1 N–H and O–H groups in total. The summed E-state index contributed by atoms with van der Waals surface area (Å²) >= 11 is 0. The van der Waals surface area contributed by atoms with Crippen molar-refractivity contribution in [2.45, 2.75) is 50.7 Å². The molecule has 0 radical (unpaired) electrons. The quantitative estimate of drug-likeness (QED) is 0.228. The number of methoxy groups -OCH3 is 1. The molecule has 3 aromatic rings. The van der Waals surface area contributed by atoms with E-state index in [1.54, 1.807) is 24.3 Å². The van der Waals surface area contributed by atoms with Gasteiger partial charge in [0.05, 0.1) is 24.0 Å². The average molecular weight is 609 g/mol. The Morgan fingerprint density at radius 3 is 2.33 bits per heavy atom. The minimum atomic E-state index is -4.05. The number of anilines is 1. The Labute approximate surface area is 251 Å². The molecule has 11 nitrogen and oxygen atoms in total. The molecule has 0 aromatic heterocycles. The second-order valence-electron chi connectivity index (χ2n) is 10.6. The molecule has 1 atom stereocenters. The topological polar surface area (TPSA) is 139 Å². The minimum Gasteiger partial charge on any atom is -0.497 e. The van der Waals surface area contributed by atoms with Crippen LogP contribution in [0.15, 0.2) is 78.9 Å². The molecule has 228 valence electrons. The Balaban J connectivity index is 1.75. The number of hydrogen-bond acceptors (Lipinski definition) is 7. The van der Waals surface area contributed by atoms with Crippen LogP contribution in [-0.4, -0.2) is 62.0 Å². The van der Waals surface area contributed by atoms with Gasteiger partial charge in [-0.05, 0) is 42.2 Å². The van der Waals surface area contributed by atoms with Crippen LogP contribution in [-0.2, 0) is 32.6 Å². The summed E-state index contributed by atoms with van der Waals surface area (Å²) in [5, 5.41) is 14.5. The van der Waals surface area contributed by atoms with Crippen LogP contribution in [0.2, 0.25) is 0 Å². The molecule has 1 aliphatic rings. The summed E-state index contributed by atoms with van der Waals surface area (Å²) in [6.07, 6.45) is 4.84. The van der Waals surface area contributed by atoms with Gasteiger partial charge in [-0.3, -0.25) is 24.0 Å². The number of carbonyl (C=O) groups excluding carboxylic acids is 2. The van der Waals surface area contributed by atoms with Crippen LogP contribution in [0.4, 0.5) is 11.4 Å². The van der Waals surface area contributed by atoms with Crippen molar-refractivity contribution < 1.29 is 27.7 Å². The van der Waals surface area contributed by atoms with Gasteiger partial charge in [-0.15, -0.1) is 0 Å². The molecule has 0 spiro atoms. The van der Waals surface area contributed by atoms with E-state index < -0.39 is 33.4 Å². The van der Waals surface area contributed by atoms with E-state index in [1.165, 1.54) is 30.2 Å². The summed E-state index contributed by atoms with van der Waals surface area (Å²) < 4.78 is 32.0. The van der Waals surface area contributed by atoms with E-state index in [0.717, 1.165) is 47.9 Å². The monoisotopic (exact) mass is 608 g/mol. The van der Waals surface area contributed by atoms with Crippen molar-refractivity contribution in [1.29, 1.82) is 0 Å². The maximum Gasteiger partial charge on any atom is 0.271 e. The fourth-order valence-corrected chi connectivity index (χ4v) is 6.11. The lowest BCUT2D eigenvalue weighted by atomic mass is 10.0. The number of carbonyl (C=O) groups is 2. The molecular formula is C31H36N4O7S. The van der Waals surface area contributed by atoms with Crippen molar-refractivity contribution in [3.05, 3.63) is 100 Å². The Morgan fingerprint density at radius 1 is 1.00 bits per heavy atom. The zero-order valence-corrected chi connectivity index (χ0v) is 25.0. The van der Waals surface area contributed by atoms with Gasteiger partial charge in [-0.1, -0.05) is 61.4 Å².